The van der Waals surface area contributed by atoms with Crippen LogP contribution >= 0.6 is 11.3 Å². The van der Waals surface area contributed by atoms with Gasteiger partial charge in [-0.2, -0.15) is 0 Å². The van der Waals surface area contributed by atoms with E-state index in [1.165, 1.54) is 18.4 Å². The minimum Gasteiger partial charge on any atom is -0.465 e. The molecule has 0 saturated carbocycles. The van der Waals surface area contributed by atoms with Crippen LogP contribution in [0.25, 0.3) is 6.08 Å². The Kier molecular flexibility index (Phi) is 4.86. The molecule has 0 aliphatic carbocycles. The van der Waals surface area contributed by atoms with E-state index in [-0.39, 0.29) is 11.9 Å². The zero-order valence-electron chi connectivity index (χ0n) is 14.4. The Hall–Kier alpha value is -2.66. The summed E-state index contributed by atoms with van der Waals surface area (Å²) in [7, 11) is 1.33. The van der Waals surface area contributed by atoms with Crippen LogP contribution in [0.1, 0.15) is 30.3 Å². The zero-order valence-corrected chi connectivity index (χ0v) is 15.2. The smallest absolute Gasteiger partial charge is 0.340 e. The summed E-state index contributed by atoms with van der Waals surface area (Å²) in [4.78, 5) is 28.0. The standard InChI is InChI=1S/C20H19NO3S/c1-13(15-8-5-4-6-9-15)21-14(2)18(20(23)24-3)17(19(21)22)12-16-10-7-11-25-16/h4-13H,1-3H3. The van der Waals surface area contributed by atoms with Crippen LogP contribution in [0, 0.1) is 0 Å². The van der Waals surface area contributed by atoms with E-state index < -0.39 is 5.97 Å². The number of rotatable bonds is 4. The molecule has 0 spiro atoms. The molecule has 25 heavy (non-hydrogen) atoms. The third-order valence-electron chi connectivity index (χ3n) is 4.33. The lowest BCUT2D eigenvalue weighted by atomic mass is 10.1. The summed E-state index contributed by atoms with van der Waals surface area (Å²) in [5, 5.41) is 1.94. The van der Waals surface area contributed by atoms with Crippen molar-refractivity contribution in [3.05, 3.63) is 75.1 Å². The molecule has 2 heterocycles. The fourth-order valence-electron chi connectivity index (χ4n) is 3.06. The van der Waals surface area contributed by atoms with Crippen LogP contribution in [0.5, 0.6) is 0 Å². The van der Waals surface area contributed by atoms with Crippen molar-refractivity contribution in [2.24, 2.45) is 0 Å². The van der Waals surface area contributed by atoms with Crippen LogP contribution in [0.15, 0.2) is 64.7 Å². The van der Waals surface area contributed by atoms with Crippen molar-refractivity contribution in [1.29, 1.82) is 0 Å². The van der Waals surface area contributed by atoms with Crippen LogP contribution in [0.4, 0.5) is 0 Å². The monoisotopic (exact) mass is 353 g/mol. The van der Waals surface area contributed by atoms with E-state index in [2.05, 4.69) is 0 Å². The van der Waals surface area contributed by atoms with Gasteiger partial charge in [-0.1, -0.05) is 36.4 Å². The highest BCUT2D eigenvalue weighted by Gasteiger charge is 2.39. The Morgan fingerprint density at radius 1 is 1.20 bits per heavy atom. The second-order valence-electron chi connectivity index (χ2n) is 5.79. The van der Waals surface area contributed by atoms with Crippen molar-refractivity contribution in [3.8, 4) is 0 Å². The minimum absolute atomic E-state index is 0.178. The van der Waals surface area contributed by atoms with Crippen molar-refractivity contribution in [3.63, 3.8) is 0 Å². The van der Waals surface area contributed by atoms with Gasteiger partial charge in [-0.25, -0.2) is 4.79 Å². The van der Waals surface area contributed by atoms with Gasteiger partial charge >= 0.3 is 5.97 Å². The molecule has 0 saturated heterocycles. The Balaban J connectivity index is 2.08. The van der Waals surface area contributed by atoms with E-state index in [0.29, 0.717) is 16.8 Å². The number of thiophene rings is 1. The molecule has 1 unspecified atom stereocenters. The quantitative estimate of drug-likeness (QED) is 0.612. The molecule has 0 N–H and O–H groups in total. The molecule has 1 aliphatic rings. The van der Waals surface area contributed by atoms with Crippen LogP contribution in [-0.2, 0) is 14.3 Å². The maximum atomic E-state index is 13.1. The van der Waals surface area contributed by atoms with Gasteiger partial charge in [-0.3, -0.25) is 4.79 Å². The molecule has 1 aliphatic heterocycles. The summed E-state index contributed by atoms with van der Waals surface area (Å²) in [5.41, 5.74) is 2.35. The lowest BCUT2D eigenvalue weighted by Crippen LogP contribution is -2.28. The molecule has 4 nitrogen and oxygen atoms in total. The molecule has 128 valence electrons. The van der Waals surface area contributed by atoms with Gasteiger partial charge in [0.1, 0.15) is 0 Å². The Bertz CT molecular complexity index is 850. The van der Waals surface area contributed by atoms with E-state index >= 15 is 0 Å². The third-order valence-corrected chi connectivity index (χ3v) is 5.15. The highest BCUT2D eigenvalue weighted by molar-refractivity contribution is 7.10. The number of amides is 1. The molecule has 1 atom stereocenters. The topological polar surface area (TPSA) is 46.6 Å². The van der Waals surface area contributed by atoms with Crippen molar-refractivity contribution >= 4 is 29.3 Å². The lowest BCUT2D eigenvalue weighted by Gasteiger charge is -2.26. The normalized spacial score (nSPS) is 17.3. The molecular formula is C20H19NO3S. The van der Waals surface area contributed by atoms with Gasteiger partial charge in [0, 0.05) is 10.6 Å². The average molecular weight is 353 g/mol. The number of carbonyl (C=O) groups is 2. The van der Waals surface area contributed by atoms with E-state index in [4.69, 9.17) is 4.74 Å². The number of allylic oxidation sites excluding steroid dienone is 1. The number of benzene rings is 1. The van der Waals surface area contributed by atoms with Crippen molar-refractivity contribution in [1.82, 2.24) is 4.90 Å². The Labute approximate surface area is 151 Å². The molecule has 0 bridgehead atoms. The highest BCUT2D eigenvalue weighted by Crippen LogP contribution is 2.37. The van der Waals surface area contributed by atoms with Gasteiger partial charge in [0.2, 0.25) is 0 Å². The largest absolute Gasteiger partial charge is 0.465 e. The summed E-state index contributed by atoms with van der Waals surface area (Å²) in [6.45, 7) is 3.75. The van der Waals surface area contributed by atoms with Crippen LogP contribution in [0.3, 0.4) is 0 Å². The molecule has 3 rings (SSSR count). The molecule has 1 aromatic carbocycles. The maximum Gasteiger partial charge on any atom is 0.340 e. The first-order chi connectivity index (χ1) is 12.0. The predicted molar refractivity (Wildman–Crippen MR) is 98.7 cm³/mol. The van der Waals surface area contributed by atoms with E-state index in [0.717, 1.165) is 10.4 Å². The first-order valence-corrected chi connectivity index (χ1v) is 8.85. The third kappa shape index (κ3) is 3.15. The molecule has 2 aromatic rings. The van der Waals surface area contributed by atoms with Gasteiger partial charge in [0.15, 0.2) is 0 Å². The number of carbonyl (C=O) groups excluding carboxylic acids is 2. The lowest BCUT2D eigenvalue weighted by molar-refractivity contribution is -0.136. The number of methoxy groups -OCH3 is 1. The Morgan fingerprint density at radius 2 is 1.92 bits per heavy atom. The summed E-state index contributed by atoms with van der Waals surface area (Å²) in [6.07, 6.45) is 1.76. The van der Waals surface area contributed by atoms with Crippen molar-refractivity contribution in [2.45, 2.75) is 19.9 Å². The maximum absolute atomic E-state index is 13.1. The second kappa shape index (κ2) is 7.07. The van der Waals surface area contributed by atoms with Gasteiger partial charge in [-0.15, -0.1) is 11.3 Å². The first-order valence-electron chi connectivity index (χ1n) is 7.98. The molecule has 1 amide bonds. The fraction of sp³-hybridized carbons (Fsp3) is 0.200. The predicted octanol–water partition coefficient (Wildman–Crippen LogP) is 4.18. The first kappa shape index (κ1) is 17.2. The molecular weight excluding hydrogens is 334 g/mol. The molecule has 1 aromatic heterocycles. The van der Waals surface area contributed by atoms with Gasteiger partial charge < -0.3 is 9.64 Å². The number of ether oxygens (including phenoxy) is 1. The number of hydrogen-bond donors (Lipinski definition) is 0. The summed E-state index contributed by atoms with van der Waals surface area (Å²) in [5.74, 6) is -0.668. The minimum atomic E-state index is -0.489. The van der Waals surface area contributed by atoms with Crippen molar-refractivity contribution in [2.75, 3.05) is 7.11 Å². The average Bonchev–Trinajstić information content (AvgIpc) is 3.22. The number of nitrogens with zero attached hydrogens (tertiary/aromatic N) is 1. The molecule has 0 radical (unpaired) electrons. The highest BCUT2D eigenvalue weighted by atomic mass is 32.1. The van der Waals surface area contributed by atoms with Crippen LogP contribution in [0.2, 0.25) is 0 Å². The molecule has 0 fully saturated rings. The second-order valence-corrected chi connectivity index (χ2v) is 6.77. The summed E-state index contributed by atoms with van der Waals surface area (Å²) < 4.78 is 4.92. The summed E-state index contributed by atoms with van der Waals surface area (Å²) >= 11 is 1.52. The SMILES string of the molecule is COC(=O)C1=C(C)N(C(C)c2ccccc2)C(=O)C1=Cc1cccs1. The number of hydrogen-bond acceptors (Lipinski definition) is 4. The van der Waals surface area contributed by atoms with E-state index in [9.17, 15) is 9.59 Å². The zero-order chi connectivity index (χ0) is 18.0. The van der Waals surface area contributed by atoms with Gasteiger partial charge in [0.05, 0.1) is 24.3 Å². The fourth-order valence-corrected chi connectivity index (χ4v) is 3.72. The van der Waals surface area contributed by atoms with Crippen molar-refractivity contribution < 1.29 is 14.3 Å². The van der Waals surface area contributed by atoms with Gasteiger partial charge in [0.25, 0.3) is 5.91 Å². The summed E-state index contributed by atoms with van der Waals surface area (Å²) in [6, 6.07) is 13.4. The van der Waals surface area contributed by atoms with Gasteiger partial charge in [-0.05, 0) is 36.9 Å². The van der Waals surface area contributed by atoms with Crippen LogP contribution < -0.4 is 0 Å². The van der Waals surface area contributed by atoms with E-state index in [1.807, 2.05) is 54.8 Å². The van der Waals surface area contributed by atoms with E-state index in [1.54, 1.807) is 17.9 Å². The van der Waals surface area contributed by atoms with Crippen LogP contribution in [-0.4, -0.2) is 23.9 Å². The number of esters is 1. The Morgan fingerprint density at radius 3 is 2.52 bits per heavy atom. The molecule has 5 heteroatoms.